The van der Waals surface area contributed by atoms with E-state index < -0.39 is 0 Å². The van der Waals surface area contributed by atoms with E-state index in [1.165, 1.54) is 0 Å². The molecule has 0 bridgehead atoms. The maximum absolute atomic E-state index is 12.4. The number of carbonyl (C=O) groups excluding carboxylic acids is 1. The number of benzene rings is 3. The Labute approximate surface area is 173 Å². The van der Waals surface area contributed by atoms with Crippen LogP contribution in [0.1, 0.15) is 12.0 Å². The lowest BCUT2D eigenvalue weighted by Gasteiger charge is -2.09. The van der Waals surface area contributed by atoms with Crippen molar-refractivity contribution in [2.45, 2.75) is 19.6 Å². The van der Waals surface area contributed by atoms with Gasteiger partial charge in [-0.05, 0) is 48.0 Å². The molecule has 5 nitrogen and oxygen atoms in total. The highest BCUT2D eigenvalue weighted by atomic mass is 35.5. The van der Waals surface area contributed by atoms with Crippen LogP contribution >= 0.6 is 11.6 Å². The summed E-state index contributed by atoms with van der Waals surface area (Å²) < 4.78 is 7.58. The summed E-state index contributed by atoms with van der Waals surface area (Å²) in [5, 5.41) is 8.92. The third-order valence-corrected chi connectivity index (χ3v) is 4.75. The van der Waals surface area contributed by atoms with Gasteiger partial charge in [0, 0.05) is 22.5 Å². The van der Waals surface area contributed by atoms with E-state index in [0.717, 1.165) is 27.9 Å². The fraction of sp³-hybridized carbons (Fsp3) is 0.130. The summed E-state index contributed by atoms with van der Waals surface area (Å²) in [4.78, 5) is 12.4. The fourth-order valence-corrected chi connectivity index (χ4v) is 3.27. The van der Waals surface area contributed by atoms with Gasteiger partial charge in [-0.1, -0.05) is 41.9 Å². The molecule has 4 rings (SSSR count). The van der Waals surface area contributed by atoms with Gasteiger partial charge in [0.15, 0.2) is 0 Å². The van der Waals surface area contributed by atoms with Crippen LogP contribution in [0.2, 0.25) is 5.02 Å². The second-order valence-corrected chi connectivity index (χ2v) is 7.11. The number of nitrogens with zero attached hydrogens (tertiary/aromatic N) is 2. The van der Waals surface area contributed by atoms with Crippen molar-refractivity contribution in [3.05, 3.63) is 89.6 Å². The molecule has 3 aromatic carbocycles. The zero-order valence-electron chi connectivity index (χ0n) is 15.7. The van der Waals surface area contributed by atoms with Crippen LogP contribution in [0.15, 0.2) is 79.0 Å². The standard InChI is InChI=1S/C23H20ClN3O2/c24-19-9-10-22-18(14-19)15-25-27(22)12-11-23(28)26-20-6-4-5-17(13-20)16-29-21-7-2-1-3-8-21/h1-10,13-15H,11-12,16H2,(H,26,28). The molecule has 1 amide bonds. The van der Waals surface area contributed by atoms with Crippen LogP contribution in [0.25, 0.3) is 10.9 Å². The minimum atomic E-state index is -0.0660. The van der Waals surface area contributed by atoms with Crippen LogP contribution in [0.4, 0.5) is 5.69 Å². The number of para-hydroxylation sites is 1. The molecular weight excluding hydrogens is 386 g/mol. The van der Waals surface area contributed by atoms with Crippen LogP contribution in [-0.2, 0) is 17.9 Å². The number of aryl methyl sites for hydroxylation is 1. The number of hydrogen-bond acceptors (Lipinski definition) is 3. The topological polar surface area (TPSA) is 56.2 Å². The Bertz CT molecular complexity index is 1130. The molecule has 0 saturated heterocycles. The molecule has 1 N–H and O–H groups in total. The summed E-state index contributed by atoms with van der Waals surface area (Å²) in [7, 11) is 0. The van der Waals surface area contributed by atoms with Crippen molar-refractivity contribution in [2.24, 2.45) is 0 Å². The van der Waals surface area contributed by atoms with Crippen molar-refractivity contribution in [3.63, 3.8) is 0 Å². The van der Waals surface area contributed by atoms with E-state index in [-0.39, 0.29) is 5.91 Å². The number of amides is 1. The van der Waals surface area contributed by atoms with Crippen LogP contribution < -0.4 is 10.1 Å². The van der Waals surface area contributed by atoms with Gasteiger partial charge in [-0.25, -0.2) is 0 Å². The van der Waals surface area contributed by atoms with Crippen molar-refractivity contribution in [2.75, 3.05) is 5.32 Å². The predicted octanol–water partition coefficient (Wildman–Crippen LogP) is 5.30. The van der Waals surface area contributed by atoms with E-state index in [9.17, 15) is 4.79 Å². The molecule has 0 fully saturated rings. The largest absolute Gasteiger partial charge is 0.489 e. The summed E-state index contributed by atoms with van der Waals surface area (Å²) in [6, 6.07) is 22.9. The van der Waals surface area contributed by atoms with Gasteiger partial charge in [0.1, 0.15) is 12.4 Å². The summed E-state index contributed by atoms with van der Waals surface area (Å²) >= 11 is 6.01. The highest BCUT2D eigenvalue weighted by Crippen LogP contribution is 2.19. The van der Waals surface area contributed by atoms with Gasteiger partial charge in [-0.15, -0.1) is 0 Å². The van der Waals surface area contributed by atoms with Gasteiger partial charge < -0.3 is 10.1 Å². The number of anilines is 1. The minimum absolute atomic E-state index is 0.0660. The molecule has 0 radical (unpaired) electrons. The van der Waals surface area contributed by atoms with Crippen molar-refractivity contribution in [1.29, 1.82) is 0 Å². The normalized spacial score (nSPS) is 10.8. The molecule has 0 aliphatic rings. The van der Waals surface area contributed by atoms with E-state index in [0.29, 0.717) is 24.6 Å². The number of ether oxygens (including phenoxy) is 1. The first-order chi connectivity index (χ1) is 14.2. The third-order valence-electron chi connectivity index (χ3n) is 4.51. The average molecular weight is 406 g/mol. The third kappa shape index (κ3) is 4.95. The summed E-state index contributed by atoms with van der Waals surface area (Å²) in [6.07, 6.45) is 2.08. The molecule has 0 saturated carbocycles. The highest BCUT2D eigenvalue weighted by Gasteiger charge is 2.07. The van der Waals surface area contributed by atoms with Gasteiger partial charge in [-0.2, -0.15) is 5.10 Å². The van der Waals surface area contributed by atoms with E-state index in [1.807, 2.05) is 77.5 Å². The first-order valence-corrected chi connectivity index (χ1v) is 9.73. The molecule has 0 aliphatic heterocycles. The molecular formula is C23H20ClN3O2. The van der Waals surface area contributed by atoms with Crippen molar-refractivity contribution < 1.29 is 9.53 Å². The van der Waals surface area contributed by atoms with Gasteiger partial charge >= 0.3 is 0 Å². The summed E-state index contributed by atoms with van der Waals surface area (Å²) in [5.74, 6) is 0.749. The minimum Gasteiger partial charge on any atom is -0.489 e. The Morgan fingerprint density at radius 1 is 1.03 bits per heavy atom. The number of halogens is 1. The summed E-state index contributed by atoms with van der Waals surface area (Å²) in [5.41, 5.74) is 2.70. The first kappa shape index (κ1) is 19.0. The predicted molar refractivity (Wildman–Crippen MR) is 115 cm³/mol. The molecule has 1 aromatic heterocycles. The first-order valence-electron chi connectivity index (χ1n) is 9.35. The molecule has 4 aromatic rings. The molecule has 1 heterocycles. The highest BCUT2D eigenvalue weighted by molar-refractivity contribution is 6.31. The molecule has 0 spiro atoms. The second-order valence-electron chi connectivity index (χ2n) is 6.67. The lowest BCUT2D eigenvalue weighted by Crippen LogP contribution is -2.15. The van der Waals surface area contributed by atoms with Gasteiger partial charge in [-0.3, -0.25) is 9.48 Å². The van der Waals surface area contributed by atoms with Gasteiger partial charge in [0.05, 0.1) is 18.3 Å². The van der Waals surface area contributed by atoms with Gasteiger partial charge in [0.25, 0.3) is 0 Å². The number of rotatable bonds is 7. The molecule has 0 atom stereocenters. The average Bonchev–Trinajstić information content (AvgIpc) is 3.14. The Morgan fingerprint density at radius 2 is 1.90 bits per heavy atom. The molecule has 29 heavy (non-hydrogen) atoms. The van der Waals surface area contributed by atoms with E-state index >= 15 is 0 Å². The number of hydrogen-bond donors (Lipinski definition) is 1. The smallest absolute Gasteiger partial charge is 0.226 e. The van der Waals surface area contributed by atoms with Crippen LogP contribution in [-0.4, -0.2) is 15.7 Å². The number of fused-ring (bicyclic) bond motifs is 1. The molecule has 146 valence electrons. The number of nitrogens with one attached hydrogen (secondary N) is 1. The van der Waals surface area contributed by atoms with Crippen LogP contribution in [0.5, 0.6) is 5.75 Å². The second kappa shape index (κ2) is 8.80. The molecule has 6 heteroatoms. The number of carbonyl (C=O) groups is 1. The maximum Gasteiger partial charge on any atom is 0.226 e. The van der Waals surface area contributed by atoms with Crippen LogP contribution in [0.3, 0.4) is 0 Å². The maximum atomic E-state index is 12.4. The van der Waals surface area contributed by atoms with E-state index in [4.69, 9.17) is 16.3 Å². The van der Waals surface area contributed by atoms with Gasteiger partial charge in [0.2, 0.25) is 5.91 Å². The lowest BCUT2D eigenvalue weighted by molar-refractivity contribution is -0.116. The Balaban J connectivity index is 1.33. The van der Waals surface area contributed by atoms with Crippen molar-refractivity contribution >= 4 is 34.1 Å². The fourth-order valence-electron chi connectivity index (χ4n) is 3.09. The Morgan fingerprint density at radius 3 is 2.76 bits per heavy atom. The zero-order valence-corrected chi connectivity index (χ0v) is 16.5. The monoisotopic (exact) mass is 405 g/mol. The molecule has 0 unspecified atom stereocenters. The van der Waals surface area contributed by atoms with Crippen molar-refractivity contribution in [3.8, 4) is 5.75 Å². The Hall–Kier alpha value is -3.31. The lowest BCUT2D eigenvalue weighted by atomic mass is 10.2. The quantitative estimate of drug-likeness (QED) is 0.454. The van der Waals surface area contributed by atoms with E-state index in [1.54, 1.807) is 6.20 Å². The van der Waals surface area contributed by atoms with Crippen LogP contribution in [0, 0.1) is 0 Å². The Kier molecular flexibility index (Phi) is 5.77. The number of aromatic nitrogens is 2. The molecule has 0 aliphatic carbocycles. The zero-order chi connectivity index (χ0) is 20.1. The van der Waals surface area contributed by atoms with Crippen molar-refractivity contribution in [1.82, 2.24) is 9.78 Å². The summed E-state index contributed by atoms with van der Waals surface area (Å²) in [6.45, 7) is 0.934. The van der Waals surface area contributed by atoms with E-state index in [2.05, 4.69) is 10.4 Å². The SMILES string of the molecule is O=C(CCn1ncc2cc(Cl)ccc21)Nc1cccc(COc2ccccc2)c1.